The average molecular weight is 286 g/mol. The summed E-state index contributed by atoms with van der Waals surface area (Å²) in [6.07, 6.45) is 1.93. The lowest BCUT2D eigenvalue weighted by Crippen LogP contribution is -2.13. The Morgan fingerprint density at radius 3 is 2.81 bits per heavy atom. The molecule has 0 spiro atoms. The number of aliphatic imine (C=N–C) groups is 1. The van der Waals surface area contributed by atoms with Crippen LogP contribution in [0.5, 0.6) is 0 Å². The van der Waals surface area contributed by atoms with Gasteiger partial charge in [0.15, 0.2) is 0 Å². The molecule has 2 aromatic rings. The summed E-state index contributed by atoms with van der Waals surface area (Å²) in [5.74, 6) is 0.930. The summed E-state index contributed by atoms with van der Waals surface area (Å²) in [5.41, 5.74) is 1.57. The van der Waals surface area contributed by atoms with E-state index in [-0.39, 0.29) is 11.9 Å². The number of halogens is 1. The minimum absolute atomic E-state index is 0.188. The quantitative estimate of drug-likeness (QED) is 0.845. The summed E-state index contributed by atoms with van der Waals surface area (Å²) < 4.78 is 21.5. The molecule has 1 atom stereocenters. The summed E-state index contributed by atoms with van der Waals surface area (Å²) in [4.78, 5) is 4.63. The maximum absolute atomic E-state index is 13.8. The molecule has 0 saturated carbocycles. The summed E-state index contributed by atoms with van der Waals surface area (Å²) >= 11 is 0. The van der Waals surface area contributed by atoms with E-state index >= 15 is 0 Å². The lowest BCUT2D eigenvalue weighted by atomic mass is 10.1. The predicted molar refractivity (Wildman–Crippen MR) is 81.0 cm³/mol. The number of hydrogen-bond donors (Lipinski definition) is 0. The van der Waals surface area contributed by atoms with Crippen LogP contribution >= 0.6 is 0 Å². The number of ether oxygens (including phenoxy) is 1. The van der Waals surface area contributed by atoms with Gasteiger partial charge in [-0.2, -0.15) is 0 Å². The zero-order valence-electron chi connectivity index (χ0n) is 12.3. The second kappa shape index (κ2) is 5.72. The van der Waals surface area contributed by atoms with Gasteiger partial charge in [-0.1, -0.05) is 32.0 Å². The molecule has 0 fully saturated rings. The maximum Gasteiger partial charge on any atom is 0.233 e. The van der Waals surface area contributed by atoms with E-state index in [9.17, 15) is 4.39 Å². The van der Waals surface area contributed by atoms with Crippen LogP contribution in [0.15, 0.2) is 47.6 Å². The van der Waals surface area contributed by atoms with Crippen LogP contribution < -0.4 is 0 Å². The van der Waals surface area contributed by atoms with Gasteiger partial charge in [0.05, 0.1) is 12.6 Å². The lowest BCUT2D eigenvalue weighted by molar-refractivity contribution is 0.290. The fraction of sp³-hybridized carbons (Fsp3) is 0.353. The second-order valence-electron chi connectivity index (χ2n) is 5.67. The second-order valence-corrected chi connectivity index (χ2v) is 5.67. The highest BCUT2D eigenvalue weighted by Gasteiger charge is 2.24. The van der Waals surface area contributed by atoms with Gasteiger partial charge in [0.25, 0.3) is 0 Å². The first-order valence-electron chi connectivity index (χ1n) is 7.24. The summed E-state index contributed by atoms with van der Waals surface area (Å²) in [7, 11) is 0. The number of hydrogen-bond acceptors (Lipinski definition) is 2. The average Bonchev–Trinajstić information content (AvgIpc) is 3.09. The third-order valence-corrected chi connectivity index (χ3v) is 3.79. The fourth-order valence-electron chi connectivity index (χ4n) is 2.43. The van der Waals surface area contributed by atoms with E-state index in [1.165, 1.54) is 6.07 Å². The Labute approximate surface area is 124 Å². The van der Waals surface area contributed by atoms with Crippen LogP contribution in [0.3, 0.4) is 0 Å². The normalized spacial score (nSPS) is 17.9. The molecule has 1 aromatic carbocycles. The van der Waals surface area contributed by atoms with E-state index in [4.69, 9.17) is 4.74 Å². The van der Waals surface area contributed by atoms with Crippen LogP contribution in [-0.4, -0.2) is 23.1 Å². The Bertz CT molecular complexity index is 660. The first kappa shape index (κ1) is 13.9. The van der Waals surface area contributed by atoms with Crippen molar-refractivity contribution in [1.29, 1.82) is 0 Å². The molecular weight excluding hydrogens is 267 g/mol. The molecule has 0 radical (unpaired) electrons. The van der Waals surface area contributed by atoms with Crippen molar-refractivity contribution < 1.29 is 9.13 Å². The topological polar surface area (TPSA) is 26.5 Å². The molecule has 4 heteroatoms. The number of nitrogens with zero attached hydrogens (tertiary/aromatic N) is 2. The van der Waals surface area contributed by atoms with Crippen LogP contribution in [0.4, 0.5) is 4.39 Å². The van der Waals surface area contributed by atoms with Crippen molar-refractivity contribution in [1.82, 2.24) is 4.57 Å². The van der Waals surface area contributed by atoms with E-state index in [0.29, 0.717) is 30.5 Å². The minimum Gasteiger partial charge on any atom is -0.474 e. The van der Waals surface area contributed by atoms with Crippen LogP contribution in [0.25, 0.3) is 0 Å². The lowest BCUT2D eigenvalue weighted by Gasteiger charge is -2.09. The van der Waals surface area contributed by atoms with Gasteiger partial charge in [-0.3, -0.25) is 0 Å². The van der Waals surface area contributed by atoms with E-state index in [1.807, 2.05) is 29.0 Å². The van der Waals surface area contributed by atoms with Gasteiger partial charge in [0.2, 0.25) is 5.90 Å². The number of aromatic nitrogens is 1. The van der Waals surface area contributed by atoms with E-state index in [2.05, 4.69) is 18.8 Å². The van der Waals surface area contributed by atoms with Gasteiger partial charge in [-0.15, -0.1) is 0 Å². The molecule has 0 aliphatic carbocycles. The summed E-state index contributed by atoms with van der Waals surface area (Å²) in [5, 5.41) is 0. The largest absolute Gasteiger partial charge is 0.474 e. The van der Waals surface area contributed by atoms with Crippen molar-refractivity contribution >= 4 is 5.90 Å². The molecule has 1 aliphatic rings. The molecule has 0 bridgehead atoms. The Kier molecular flexibility index (Phi) is 3.78. The van der Waals surface area contributed by atoms with Crippen LogP contribution in [0.2, 0.25) is 0 Å². The van der Waals surface area contributed by atoms with E-state index in [1.54, 1.807) is 12.1 Å². The highest BCUT2D eigenvalue weighted by Crippen LogP contribution is 2.19. The van der Waals surface area contributed by atoms with Crippen LogP contribution in [-0.2, 0) is 11.3 Å². The molecule has 0 saturated heterocycles. The molecule has 0 amide bonds. The highest BCUT2D eigenvalue weighted by atomic mass is 19.1. The monoisotopic (exact) mass is 286 g/mol. The molecule has 1 aliphatic heterocycles. The maximum atomic E-state index is 13.8. The first-order valence-corrected chi connectivity index (χ1v) is 7.24. The van der Waals surface area contributed by atoms with Gasteiger partial charge in [0.1, 0.15) is 18.1 Å². The molecule has 1 unspecified atom stereocenters. The third-order valence-electron chi connectivity index (χ3n) is 3.79. The van der Waals surface area contributed by atoms with Crippen molar-refractivity contribution in [3.63, 3.8) is 0 Å². The van der Waals surface area contributed by atoms with Gasteiger partial charge < -0.3 is 9.30 Å². The Balaban J connectivity index is 1.85. The third kappa shape index (κ3) is 2.84. The van der Waals surface area contributed by atoms with Crippen molar-refractivity contribution in [2.24, 2.45) is 10.9 Å². The molecule has 1 aromatic heterocycles. The Hall–Kier alpha value is -2.10. The van der Waals surface area contributed by atoms with Crippen molar-refractivity contribution in [2.75, 3.05) is 6.61 Å². The molecular formula is C17H19FN2O. The Morgan fingerprint density at radius 1 is 1.29 bits per heavy atom. The van der Waals surface area contributed by atoms with Crippen LogP contribution in [0.1, 0.15) is 25.1 Å². The zero-order chi connectivity index (χ0) is 14.8. The standard InChI is InChI=1S/C17H19FN2O/c1-12(2)15-11-21-17(19-15)16-8-5-9-20(16)10-13-6-3-4-7-14(13)18/h3-9,12,15H,10-11H2,1-2H3. The summed E-state index contributed by atoms with van der Waals surface area (Å²) in [6.45, 7) is 5.37. The van der Waals surface area contributed by atoms with Gasteiger partial charge in [0, 0.05) is 11.8 Å². The smallest absolute Gasteiger partial charge is 0.233 e. The Morgan fingerprint density at radius 2 is 2.10 bits per heavy atom. The zero-order valence-corrected chi connectivity index (χ0v) is 12.3. The number of rotatable bonds is 4. The van der Waals surface area contributed by atoms with Crippen molar-refractivity contribution in [2.45, 2.75) is 26.4 Å². The first-order chi connectivity index (χ1) is 10.1. The SMILES string of the molecule is CC(C)C1COC(c2cccn2Cc2ccccc2F)=N1. The fourth-order valence-corrected chi connectivity index (χ4v) is 2.43. The molecule has 2 heterocycles. The number of benzene rings is 1. The van der Waals surface area contributed by atoms with E-state index < -0.39 is 0 Å². The van der Waals surface area contributed by atoms with Gasteiger partial charge in [-0.25, -0.2) is 9.38 Å². The van der Waals surface area contributed by atoms with Crippen LogP contribution in [0, 0.1) is 11.7 Å². The van der Waals surface area contributed by atoms with E-state index in [0.717, 1.165) is 5.69 Å². The van der Waals surface area contributed by atoms with Gasteiger partial charge in [-0.05, 0) is 24.1 Å². The minimum atomic E-state index is -0.188. The van der Waals surface area contributed by atoms with Crippen molar-refractivity contribution in [3.8, 4) is 0 Å². The molecule has 110 valence electrons. The molecule has 3 rings (SSSR count). The summed E-state index contributed by atoms with van der Waals surface area (Å²) in [6, 6.07) is 10.9. The van der Waals surface area contributed by atoms with Gasteiger partial charge >= 0.3 is 0 Å². The molecule has 21 heavy (non-hydrogen) atoms. The molecule has 0 N–H and O–H groups in total. The molecule has 3 nitrogen and oxygen atoms in total. The highest BCUT2D eigenvalue weighted by molar-refractivity contribution is 5.93. The van der Waals surface area contributed by atoms with Crippen molar-refractivity contribution in [3.05, 3.63) is 59.7 Å². The predicted octanol–water partition coefficient (Wildman–Crippen LogP) is 3.48.